The largest absolute Gasteiger partial charge is 0.439 e. The average molecular weight is 444 g/mol. The van der Waals surface area contributed by atoms with Gasteiger partial charge in [0, 0.05) is 47.2 Å². The number of fused-ring (bicyclic) bond motifs is 1. The Balaban J connectivity index is 1.55. The molecule has 0 aliphatic rings. The van der Waals surface area contributed by atoms with Crippen molar-refractivity contribution in [3.63, 3.8) is 0 Å². The number of pyridine rings is 2. The zero-order valence-electron chi connectivity index (χ0n) is 17.0. The Hall–Kier alpha value is -4.33. The van der Waals surface area contributed by atoms with Crippen LogP contribution in [-0.2, 0) is 6.18 Å². The number of hydrogen-bond donors (Lipinski definition) is 0. The first-order chi connectivity index (χ1) is 16.0. The van der Waals surface area contributed by atoms with Crippen molar-refractivity contribution in [2.45, 2.75) is 6.18 Å². The van der Waals surface area contributed by atoms with Crippen LogP contribution in [0.15, 0.2) is 91.6 Å². The van der Waals surface area contributed by atoms with Crippen LogP contribution in [0.2, 0.25) is 0 Å². The number of ether oxygens (including phenoxy) is 1. The van der Waals surface area contributed by atoms with Crippen molar-refractivity contribution in [3.8, 4) is 34.0 Å². The molecule has 162 valence electrons. The molecule has 3 aromatic heterocycles. The molecule has 0 atom stereocenters. The van der Waals surface area contributed by atoms with E-state index in [1.165, 1.54) is 18.6 Å². The van der Waals surface area contributed by atoms with Crippen LogP contribution in [0.3, 0.4) is 0 Å². The topological polar surface area (TPSA) is 60.8 Å². The summed E-state index contributed by atoms with van der Waals surface area (Å²) in [7, 11) is 0. The summed E-state index contributed by atoms with van der Waals surface area (Å²) < 4.78 is 46.0. The molecule has 0 fully saturated rings. The first-order valence-corrected chi connectivity index (χ1v) is 9.94. The van der Waals surface area contributed by atoms with Crippen molar-refractivity contribution in [1.29, 1.82) is 0 Å². The Kier molecular flexibility index (Phi) is 5.18. The highest BCUT2D eigenvalue weighted by atomic mass is 19.4. The molecule has 0 radical (unpaired) electrons. The van der Waals surface area contributed by atoms with E-state index in [9.17, 15) is 13.2 Å². The lowest BCUT2D eigenvalue weighted by Crippen LogP contribution is -2.05. The van der Waals surface area contributed by atoms with Crippen LogP contribution in [0.4, 0.5) is 13.2 Å². The fraction of sp³-hybridized carbons (Fsp3) is 0.0400. The number of halogens is 3. The maximum Gasteiger partial charge on any atom is 0.416 e. The second-order valence-electron chi connectivity index (χ2n) is 7.20. The second-order valence-corrected chi connectivity index (χ2v) is 7.20. The highest BCUT2D eigenvalue weighted by molar-refractivity contribution is 5.82. The first kappa shape index (κ1) is 20.6. The van der Waals surface area contributed by atoms with Crippen LogP contribution in [0, 0.1) is 0 Å². The van der Waals surface area contributed by atoms with Crippen molar-refractivity contribution in [2.24, 2.45) is 0 Å². The van der Waals surface area contributed by atoms with Crippen molar-refractivity contribution in [1.82, 2.24) is 19.9 Å². The number of alkyl halides is 3. The van der Waals surface area contributed by atoms with E-state index in [1.54, 1.807) is 42.7 Å². The summed E-state index contributed by atoms with van der Waals surface area (Å²) in [4.78, 5) is 16.8. The SMILES string of the molecule is FC(F)(F)c1ccc(-c2cc(Oc3ccc4cccnc4c3)ncn2)c(-c2cccnc2)c1. The van der Waals surface area contributed by atoms with Gasteiger partial charge in [-0.25, -0.2) is 9.97 Å². The van der Waals surface area contributed by atoms with Crippen LogP contribution in [0.25, 0.3) is 33.3 Å². The van der Waals surface area contributed by atoms with Crippen molar-refractivity contribution >= 4 is 10.9 Å². The number of hydrogen-bond acceptors (Lipinski definition) is 5. The third-order valence-electron chi connectivity index (χ3n) is 5.04. The molecular formula is C25H15F3N4O. The smallest absolute Gasteiger partial charge is 0.416 e. The molecule has 3 heterocycles. The Morgan fingerprint density at radius 1 is 0.758 bits per heavy atom. The van der Waals surface area contributed by atoms with Crippen LogP contribution in [0.1, 0.15) is 5.56 Å². The van der Waals surface area contributed by atoms with E-state index >= 15 is 0 Å². The van der Waals surface area contributed by atoms with Gasteiger partial charge in [-0.2, -0.15) is 13.2 Å². The molecular weight excluding hydrogens is 429 g/mol. The van der Waals surface area contributed by atoms with Gasteiger partial charge in [0.2, 0.25) is 5.88 Å². The molecule has 0 N–H and O–H groups in total. The van der Waals surface area contributed by atoms with E-state index in [0.717, 1.165) is 23.0 Å². The standard InChI is InChI=1S/C25H15F3N4O/c26-25(27,28)18-6-8-20(21(11-18)17-4-1-9-29-14-17)23-13-24(32-15-31-23)33-19-7-5-16-3-2-10-30-22(16)12-19/h1-15H. The Labute approximate surface area is 186 Å². The van der Waals surface area contributed by atoms with Crippen molar-refractivity contribution < 1.29 is 17.9 Å². The molecule has 0 amide bonds. The van der Waals surface area contributed by atoms with Gasteiger partial charge < -0.3 is 4.74 Å². The lowest BCUT2D eigenvalue weighted by molar-refractivity contribution is -0.137. The lowest BCUT2D eigenvalue weighted by Gasteiger charge is -2.14. The summed E-state index contributed by atoms with van der Waals surface area (Å²) in [5.41, 5.74) is 1.85. The van der Waals surface area contributed by atoms with Gasteiger partial charge in [-0.3, -0.25) is 9.97 Å². The number of benzene rings is 2. The predicted molar refractivity (Wildman–Crippen MR) is 118 cm³/mol. The third-order valence-corrected chi connectivity index (χ3v) is 5.04. The molecule has 0 spiro atoms. The minimum Gasteiger partial charge on any atom is -0.439 e. The second kappa shape index (κ2) is 8.31. The molecule has 33 heavy (non-hydrogen) atoms. The van der Waals surface area contributed by atoms with Gasteiger partial charge in [-0.15, -0.1) is 0 Å². The fourth-order valence-electron chi connectivity index (χ4n) is 3.48. The highest BCUT2D eigenvalue weighted by Gasteiger charge is 2.31. The van der Waals surface area contributed by atoms with Crippen LogP contribution < -0.4 is 4.74 Å². The van der Waals surface area contributed by atoms with Gasteiger partial charge in [0.1, 0.15) is 12.1 Å². The summed E-state index contributed by atoms with van der Waals surface area (Å²) in [6, 6.07) is 17.8. The van der Waals surface area contributed by atoms with Gasteiger partial charge in [0.25, 0.3) is 0 Å². The van der Waals surface area contributed by atoms with Crippen molar-refractivity contribution in [3.05, 3.63) is 97.2 Å². The number of rotatable bonds is 4. The molecule has 0 aliphatic heterocycles. The van der Waals surface area contributed by atoms with E-state index in [1.807, 2.05) is 18.2 Å². The molecule has 2 aromatic carbocycles. The van der Waals surface area contributed by atoms with E-state index in [0.29, 0.717) is 28.1 Å². The zero-order valence-corrected chi connectivity index (χ0v) is 17.0. The Bertz CT molecular complexity index is 1440. The summed E-state index contributed by atoms with van der Waals surface area (Å²) in [5, 5.41) is 0.971. The summed E-state index contributed by atoms with van der Waals surface area (Å²) in [6.07, 6.45) is 1.61. The summed E-state index contributed by atoms with van der Waals surface area (Å²) >= 11 is 0. The minimum atomic E-state index is -4.47. The molecule has 0 bridgehead atoms. The maximum atomic E-state index is 13.4. The minimum absolute atomic E-state index is 0.257. The molecule has 5 aromatic rings. The number of aromatic nitrogens is 4. The average Bonchev–Trinajstić information content (AvgIpc) is 2.84. The predicted octanol–water partition coefficient (Wildman–Crippen LogP) is 6.56. The molecule has 0 saturated heterocycles. The zero-order chi connectivity index (χ0) is 22.8. The summed E-state index contributed by atoms with van der Waals surface area (Å²) in [6.45, 7) is 0. The quantitative estimate of drug-likeness (QED) is 0.314. The Morgan fingerprint density at radius 2 is 1.64 bits per heavy atom. The Morgan fingerprint density at radius 3 is 2.45 bits per heavy atom. The van der Waals surface area contributed by atoms with Gasteiger partial charge in [-0.1, -0.05) is 18.2 Å². The normalized spacial score (nSPS) is 11.5. The van der Waals surface area contributed by atoms with E-state index in [2.05, 4.69) is 19.9 Å². The lowest BCUT2D eigenvalue weighted by atomic mass is 9.96. The fourth-order valence-corrected chi connectivity index (χ4v) is 3.48. The molecule has 0 saturated carbocycles. The van der Waals surface area contributed by atoms with Crippen LogP contribution in [0.5, 0.6) is 11.6 Å². The van der Waals surface area contributed by atoms with Crippen LogP contribution >= 0.6 is 0 Å². The molecule has 5 rings (SSSR count). The van der Waals surface area contributed by atoms with Crippen LogP contribution in [-0.4, -0.2) is 19.9 Å². The molecule has 0 unspecified atom stereocenters. The number of nitrogens with zero attached hydrogens (tertiary/aromatic N) is 4. The van der Waals surface area contributed by atoms with E-state index in [-0.39, 0.29) is 5.88 Å². The van der Waals surface area contributed by atoms with E-state index in [4.69, 9.17) is 4.74 Å². The van der Waals surface area contributed by atoms with Gasteiger partial charge in [-0.05, 0) is 42.0 Å². The monoisotopic (exact) mass is 444 g/mol. The first-order valence-electron chi connectivity index (χ1n) is 9.94. The summed E-state index contributed by atoms with van der Waals surface area (Å²) in [5.74, 6) is 0.790. The third kappa shape index (κ3) is 4.36. The maximum absolute atomic E-state index is 13.4. The molecule has 0 aliphatic carbocycles. The van der Waals surface area contributed by atoms with Crippen molar-refractivity contribution in [2.75, 3.05) is 0 Å². The molecule has 8 heteroatoms. The molecule has 5 nitrogen and oxygen atoms in total. The van der Waals surface area contributed by atoms with Gasteiger partial charge >= 0.3 is 6.18 Å². The van der Waals surface area contributed by atoms with Gasteiger partial charge in [0.05, 0.1) is 16.8 Å². The highest BCUT2D eigenvalue weighted by Crippen LogP contribution is 2.38. The van der Waals surface area contributed by atoms with Gasteiger partial charge in [0.15, 0.2) is 0 Å². The van der Waals surface area contributed by atoms with E-state index < -0.39 is 11.7 Å².